The molecule has 5 heteroatoms. The standard InChI is InChI=1S/C13H24N4O/c1-11(2)16-9-10-17(13(16)18)12-3-6-15(7-4-12)8-5-14/h11-13,18H,3-4,6-10H2,1-2H3. The number of nitriles is 1. The molecule has 0 aromatic carbocycles. The minimum absolute atomic E-state index is 0.392. The van der Waals surface area contributed by atoms with E-state index in [-0.39, 0.29) is 0 Å². The molecule has 0 bridgehead atoms. The van der Waals surface area contributed by atoms with Crippen LogP contribution in [0.25, 0.3) is 0 Å². The van der Waals surface area contributed by atoms with E-state index in [1.54, 1.807) is 0 Å². The summed E-state index contributed by atoms with van der Waals surface area (Å²) in [6.07, 6.45) is 1.70. The number of aliphatic hydroxyl groups excluding tert-OH is 1. The minimum Gasteiger partial charge on any atom is -0.365 e. The summed E-state index contributed by atoms with van der Waals surface area (Å²) in [7, 11) is 0. The third-order valence-electron chi connectivity index (χ3n) is 4.19. The van der Waals surface area contributed by atoms with Crippen molar-refractivity contribution in [3.63, 3.8) is 0 Å². The topological polar surface area (TPSA) is 53.7 Å². The lowest BCUT2D eigenvalue weighted by Crippen LogP contribution is -2.50. The number of nitrogens with zero attached hydrogens (tertiary/aromatic N) is 4. The van der Waals surface area contributed by atoms with Gasteiger partial charge in [0.1, 0.15) is 0 Å². The molecule has 1 atom stereocenters. The lowest BCUT2D eigenvalue weighted by atomic mass is 10.0. The first-order chi connectivity index (χ1) is 8.63. The number of hydrogen-bond acceptors (Lipinski definition) is 5. The van der Waals surface area contributed by atoms with E-state index in [2.05, 4.69) is 34.6 Å². The van der Waals surface area contributed by atoms with Crippen molar-refractivity contribution in [3.8, 4) is 6.07 Å². The van der Waals surface area contributed by atoms with Gasteiger partial charge in [-0.25, -0.2) is 0 Å². The molecule has 0 saturated carbocycles. The number of piperidine rings is 1. The summed E-state index contributed by atoms with van der Waals surface area (Å²) in [4.78, 5) is 6.56. The van der Waals surface area contributed by atoms with Crippen molar-refractivity contribution in [3.05, 3.63) is 0 Å². The van der Waals surface area contributed by atoms with Crippen LogP contribution in [0.1, 0.15) is 26.7 Å². The first kappa shape index (κ1) is 13.8. The molecule has 0 aliphatic carbocycles. The number of rotatable bonds is 3. The number of aliphatic hydroxyl groups is 1. The van der Waals surface area contributed by atoms with Crippen LogP contribution >= 0.6 is 0 Å². The van der Waals surface area contributed by atoms with E-state index in [1.165, 1.54) is 0 Å². The summed E-state index contributed by atoms with van der Waals surface area (Å²) in [6.45, 7) is 8.66. The van der Waals surface area contributed by atoms with Gasteiger partial charge < -0.3 is 5.11 Å². The lowest BCUT2D eigenvalue weighted by Gasteiger charge is -2.38. The Kier molecular flexibility index (Phi) is 4.57. The first-order valence-electron chi connectivity index (χ1n) is 6.92. The van der Waals surface area contributed by atoms with Crippen molar-refractivity contribution in [2.24, 2.45) is 0 Å². The summed E-state index contributed by atoms with van der Waals surface area (Å²) in [5, 5.41) is 19.0. The van der Waals surface area contributed by atoms with E-state index >= 15 is 0 Å². The molecule has 2 saturated heterocycles. The van der Waals surface area contributed by atoms with Crippen molar-refractivity contribution in [2.75, 3.05) is 32.7 Å². The van der Waals surface area contributed by atoms with Gasteiger partial charge in [-0.05, 0) is 26.7 Å². The van der Waals surface area contributed by atoms with Gasteiger partial charge in [-0.2, -0.15) is 5.26 Å². The van der Waals surface area contributed by atoms with Crippen molar-refractivity contribution in [1.29, 1.82) is 5.26 Å². The highest BCUT2D eigenvalue weighted by Gasteiger charge is 2.37. The predicted octanol–water partition coefficient (Wildman–Crippen LogP) is 0.276. The molecule has 1 unspecified atom stereocenters. The fraction of sp³-hybridized carbons (Fsp3) is 0.923. The summed E-state index contributed by atoms with van der Waals surface area (Å²) in [6, 6.07) is 3.07. The van der Waals surface area contributed by atoms with Crippen molar-refractivity contribution in [2.45, 2.75) is 45.1 Å². The van der Waals surface area contributed by atoms with Gasteiger partial charge in [-0.15, -0.1) is 0 Å². The molecule has 1 N–H and O–H groups in total. The van der Waals surface area contributed by atoms with Crippen molar-refractivity contribution in [1.82, 2.24) is 14.7 Å². The third-order valence-corrected chi connectivity index (χ3v) is 4.19. The van der Waals surface area contributed by atoms with Gasteiger partial charge in [0, 0.05) is 38.3 Å². The third kappa shape index (κ3) is 2.83. The molecule has 0 aromatic rings. The molecule has 18 heavy (non-hydrogen) atoms. The lowest BCUT2D eigenvalue weighted by molar-refractivity contribution is -0.0933. The molecular formula is C13H24N4O. The zero-order valence-electron chi connectivity index (χ0n) is 11.4. The quantitative estimate of drug-likeness (QED) is 0.731. The zero-order chi connectivity index (χ0) is 13.1. The van der Waals surface area contributed by atoms with Gasteiger partial charge in [-0.1, -0.05) is 0 Å². The Morgan fingerprint density at radius 1 is 1.22 bits per heavy atom. The first-order valence-corrected chi connectivity index (χ1v) is 6.92. The zero-order valence-corrected chi connectivity index (χ0v) is 11.4. The second-order valence-electron chi connectivity index (χ2n) is 5.58. The summed E-state index contributed by atoms with van der Waals surface area (Å²) in [5.74, 6) is 0. The van der Waals surface area contributed by atoms with Gasteiger partial charge >= 0.3 is 0 Å². The molecule has 2 rings (SSSR count). The van der Waals surface area contributed by atoms with Gasteiger partial charge in [0.05, 0.1) is 12.6 Å². The molecule has 0 amide bonds. The van der Waals surface area contributed by atoms with Crippen LogP contribution in [0.5, 0.6) is 0 Å². The highest BCUT2D eigenvalue weighted by Crippen LogP contribution is 2.24. The average molecular weight is 252 g/mol. The van der Waals surface area contributed by atoms with E-state index < -0.39 is 6.35 Å². The maximum Gasteiger partial charge on any atom is 0.166 e. The van der Waals surface area contributed by atoms with Crippen LogP contribution in [0.4, 0.5) is 0 Å². The molecule has 0 aromatic heterocycles. The number of hydrogen-bond donors (Lipinski definition) is 1. The Balaban J connectivity index is 1.85. The molecule has 0 spiro atoms. The van der Waals surface area contributed by atoms with E-state index in [4.69, 9.17) is 5.26 Å². The Morgan fingerprint density at radius 3 is 2.39 bits per heavy atom. The van der Waals surface area contributed by atoms with Gasteiger partial charge in [0.15, 0.2) is 6.35 Å². The highest BCUT2D eigenvalue weighted by molar-refractivity contribution is 4.88. The average Bonchev–Trinajstić information content (AvgIpc) is 2.73. The summed E-state index contributed by atoms with van der Waals surface area (Å²) in [5.41, 5.74) is 0. The largest absolute Gasteiger partial charge is 0.365 e. The summed E-state index contributed by atoms with van der Waals surface area (Å²) >= 11 is 0. The van der Waals surface area contributed by atoms with E-state index in [1.807, 2.05) is 0 Å². The molecular weight excluding hydrogens is 228 g/mol. The normalized spacial score (nSPS) is 28.9. The molecule has 2 heterocycles. The van der Waals surface area contributed by atoms with Gasteiger partial charge in [0.25, 0.3) is 0 Å². The Bertz CT molecular complexity index is 307. The minimum atomic E-state index is -0.419. The molecule has 2 aliphatic heterocycles. The molecule has 102 valence electrons. The van der Waals surface area contributed by atoms with Crippen LogP contribution in [0.2, 0.25) is 0 Å². The van der Waals surface area contributed by atoms with Crippen LogP contribution in [0.15, 0.2) is 0 Å². The van der Waals surface area contributed by atoms with Crippen molar-refractivity contribution >= 4 is 0 Å². The van der Waals surface area contributed by atoms with Crippen LogP contribution in [0, 0.1) is 11.3 Å². The molecule has 0 radical (unpaired) electrons. The second-order valence-corrected chi connectivity index (χ2v) is 5.58. The summed E-state index contributed by atoms with van der Waals surface area (Å²) < 4.78 is 0. The molecule has 2 fully saturated rings. The fourth-order valence-corrected chi connectivity index (χ4v) is 3.06. The van der Waals surface area contributed by atoms with Crippen LogP contribution < -0.4 is 0 Å². The fourth-order valence-electron chi connectivity index (χ4n) is 3.06. The molecule has 2 aliphatic rings. The van der Waals surface area contributed by atoms with E-state index in [9.17, 15) is 5.11 Å². The van der Waals surface area contributed by atoms with Gasteiger partial charge in [-0.3, -0.25) is 14.7 Å². The van der Waals surface area contributed by atoms with Crippen LogP contribution in [-0.2, 0) is 0 Å². The maximum atomic E-state index is 10.3. The highest BCUT2D eigenvalue weighted by atomic mass is 16.3. The Morgan fingerprint density at radius 2 is 1.89 bits per heavy atom. The van der Waals surface area contributed by atoms with Gasteiger partial charge in [0.2, 0.25) is 0 Å². The Hall–Kier alpha value is -0.670. The maximum absolute atomic E-state index is 10.3. The SMILES string of the molecule is CC(C)N1CCN(C2CCN(CC#N)CC2)C1O. The van der Waals surface area contributed by atoms with E-state index in [0.29, 0.717) is 18.6 Å². The number of likely N-dealkylation sites (tertiary alicyclic amines) is 1. The van der Waals surface area contributed by atoms with E-state index in [0.717, 1.165) is 39.0 Å². The van der Waals surface area contributed by atoms with Crippen LogP contribution in [0.3, 0.4) is 0 Å². The van der Waals surface area contributed by atoms with Crippen LogP contribution in [-0.4, -0.2) is 71.0 Å². The van der Waals surface area contributed by atoms with Crippen molar-refractivity contribution < 1.29 is 5.11 Å². The monoisotopic (exact) mass is 252 g/mol. The second kappa shape index (κ2) is 5.98. The molecule has 5 nitrogen and oxygen atoms in total. The smallest absolute Gasteiger partial charge is 0.166 e. The predicted molar refractivity (Wildman–Crippen MR) is 69.6 cm³/mol. The Labute approximate surface area is 110 Å².